The number of hydrogen-bond donors (Lipinski definition) is 0. The van der Waals surface area contributed by atoms with Gasteiger partial charge in [-0.15, -0.1) is 0 Å². The van der Waals surface area contributed by atoms with Crippen LogP contribution in [0.15, 0.2) is 83.3 Å². The van der Waals surface area contributed by atoms with Crippen LogP contribution < -0.4 is 4.74 Å². The van der Waals surface area contributed by atoms with Crippen molar-refractivity contribution < 1.29 is 9.15 Å². The van der Waals surface area contributed by atoms with E-state index in [-0.39, 0.29) is 0 Å². The van der Waals surface area contributed by atoms with E-state index in [9.17, 15) is 0 Å². The van der Waals surface area contributed by atoms with Gasteiger partial charge in [0.25, 0.3) is 0 Å². The molecule has 4 aromatic rings. The molecule has 23 heavy (non-hydrogen) atoms. The van der Waals surface area contributed by atoms with Gasteiger partial charge in [0, 0.05) is 11.6 Å². The molecule has 0 unspecified atom stereocenters. The average Bonchev–Trinajstić information content (AvgIpc) is 3.05. The molecule has 3 nitrogen and oxygen atoms in total. The van der Waals surface area contributed by atoms with Gasteiger partial charge in [0.15, 0.2) is 5.58 Å². The lowest BCUT2D eigenvalue weighted by atomic mass is 10.2. The highest BCUT2D eigenvalue weighted by Crippen LogP contribution is 2.27. The minimum absolute atomic E-state index is 0.534. The number of hydrogen-bond acceptors (Lipinski definition) is 3. The van der Waals surface area contributed by atoms with E-state index < -0.39 is 0 Å². The van der Waals surface area contributed by atoms with E-state index in [0.29, 0.717) is 12.5 Å². The van der Waals surface area contributed by atoms with Crippen molar-refractivity contribution in [3.8, 4) is 17.2 Å². The SMILES string of the molecule is c1ccc(COc2ccc3n[13c](-c4ccccc4)oc3c2)cc1. The second kappa shape index (κ2) is 5.97. The molecule has 0 amide bonds. The predicted octanol–water partition coefficient (Wildman–Crippen LogP) is 5.07. The molecule has 0 N–H and O–H groups in total. The number of oxazole rings is 1. The number of ether oxygens (including phenoxy) is 1. The average molecular weight is 302 g/mol. The molecule has 3 heteroatoms. The molecule has 3 aromatic carbocycles. The van der Waals surface area contributed by atoms with Crippen molar-refractivity contribution in [1.82, 2.24) is 4.98 Å². The summed E-state index contributed by atoms with van der Waals surface area (Å²) in [6.45, 7) is 0.534. The number of fused-ring (bicyclic) bond motifs is 1. The Bertz CT molecular complexity index is 914. The first-order valence-corrected chi connectivity index (χ1v) is 7.51. The van der Waals surface area contributed by atoms with Gasteiger partial charge in [0.1, 0.15) is 17.9 Å². The fourth-order valence-electron chi connectivity index (χ4n) is 2.44. The van der Waals surface area contributed by atoms with Crippen LogP contribution in [0.25, 0.3) is 22.6 Å². The van der Waals surface area contributed by atoms with Crippen molar-refractivity contribution in [2.75, 3.05) is 0 Å². The molecule has 4 rings (SSSR count). The van der Waals surface area contributed by atoms with E-state index in [4.69, 9.17) is 9.15 Å². The van der Waals surface area contributed by atoms with Crippen molar-refractivity contribution in [2.24, 2.45) is 0 Å². The molecule has 0 radical (unpaired) electrons. The first-order valence-electron chi connectivity index (χ1n) is 7.51. The van der Waals surface area contributed by atoms with Crippen molar-refractivity contribution in [1.29, 1.82) is 0 Å². The molecule has 1 aromatic heterocycles. The van der Waals surface area contributed by atoms with E-state index in [2.05, 4.69) is 4.98 Å². The van der Waals surface area contributed by atoms with Gasteiger partial charge < -0.3 is 9.15 Å². The van der Waals surface area contributed by atoms with Crippen LogP contribution >= 0.6 is 0 Å². The third kappa shape index (κ3) is 2.94. The van der Waals surface area contributed by atoms with Crippen LogP contribution in [0.2, 0.25) is 0 Å². The Kier molecular flexibility index (Phi) is 3.53. The summed E-state index contributed by atoms with van der Waals surface area (Å²) in [7, 11) is 0. The minimum Gasteiger partial charge on any atom is -0.489 e. The van der Waals surface area contributed by atoms with Crippen LogP contribution in [-0.2, 0) is 6.61 Å². The highest BCUT2D eigenvalue weighted by atomic mass is 16.5. The molecule has 1 heterocycles. The summed E-state index contributed by atoms with van der Waals surface area (Å²) >= 11 is 0. The van der Waals surface area contributed by atoms with E-state index in [0.717, 1.165) is 28.0 Å². The van der Waals surface area contributed by atoms with Crippen molar-refractivity contribution in [2.45, 2.75) is 6.61 Å². The number of benzene rings is 3. The van der Waals surface area contributed by atoms with E-state index in [1.165, 1.54) is 0 Å². The van der Waals surface area contributed by atoms with Gasteiger partial charge in [0.05, 0.1) is 0 Å². The van der Waals surface area contributed by atoms with E-state index in [1.54, 1.807) is 0 Å². The molecular weight excluding hydrogens is 287 g/mol. The monoisotopic (exact) mass is 302 g/mol. The van der Waals surface area contributed by atoms with Gasteiger partial charge in [-0.3, -0.25) is 0 Å². The fraction of sp³-hybridized carbons (Fsp3) is 0.0500. The molecule has 112 valence electrons. The summed E-state index contributed by atoms with van der Waals surface area (Å²) in [5.74, 6) is 1.40. The Balaban J connectivity index is 1.58. The van der Waals surface area contributed by atoms with Crippen LogP contribution in [0, 0.1) is 0 Å². The summed E-state index contributed by atoms with van der Waals surface area (Å²) in [4.78, 5) is 4.52. The summed E-state index contributed by atoms with van der Waals surface area (Å²) in [6, 6.07) is 25.7. The summed E-state index contributed by atoms with van der Waals surface area (Å²) in [5, 5.41) is 0. The van der Waals surface area contributed by atoms with Crippen molar-refractivity contribution >= 4 is 11.1 Å². The van der Waals surface area contributed by atoms with Gasteiger partial charge in [-0.05, 0) is 29.8 Å². The number of rotatable bonds is 4. The molecular formula is C20H15NO2. The Morgan fingerprint density at radius 1 is 0.826 bits per heavy atom. The smallest absolute Gasteiger partial charge is 0.227 e. The number of aromatic nitrogens is 1. The molecule has 0 spiro atoms. The first-order chi connectivity index (χ1) is 11.4. The van der Waals surface area contributed by atoms with Gasteiger partial charge in [0.2, 0.25) is 5.89 Å². The maximum absolute atomic E-state index is 5.86. The lowest BCUT2D eigenvalue weighted by Crippen LogP contribution is -1.94. The van der Waals surface area contributed by atoms with Crippen LogP contribution in [0.4, 0.5) is 0 Å². The topological polar surface area (TPSA) is 35.3 Å². The Labute approximate surface area is 134 Å². The molecule has 0 fully saturated rings. The molecule has 0 aliphatic heterocycles. The zero-order valence-corrected chi connectivity index (χ0v) is 12.5. The summed E-state index contributed by atoms with van der Waals surface area (Å²) in [6.07, 6.45) is 0. The Morgan fingerprint density at radius 2 is 1.57 bits per heavy atom. The normalized spacial score (nSPS) is 10.8. The van der Waals surface area contributed by atoms with Gasteiger partial charge in [-0.1, -0.05) is 48.5 Å². The van der Waals surface area contributed by atoms with Gasteiger partial charge in [-0.2, -0.15) is 0 Å². The van der Waals surface area contributed by atoms with E-state index in [1.807, 2.05) is 78.9 Å². The van der Waals surface area contributed by atoms with Crippen LogP contribution in [0.5, 0.6) is 5.75 Å². The minimum atomic E-state index is 0.534. The maximum Gasteiger partial charge on any atom is 0.227 e. The van der Waals surface area contributed by atoms with Gasteiger partial charge in [-0.25, -0.2) is 4.98 Å². The molecule has 0 atom stereocenters. The van der Waals surface area contributed by atoms with Crippen molar-refractivity contribution in [3.05, 3.63) is 84.4 Å². The molecule has 0 bridgehead atoms. The predicted molar refractivity (Wildman–Crippen MR) is 90.2 cm³/mol. The Hall–Kier alpha value is -3.07. The second-order valence-electron chi connectivity index (χ2n) is 5.29. The number of nitrogens with zero attached hydrogens (tertiary/aromatic N) is 1. The first kappa shape index (κ1) is 13.6. The third-order valence-corrected chi connectivity index (χ3v) is 3.63. The highest BCUT2D eigenvalue weighted by Gasteiger charge is 2.08. The zero-order valence-electron chi connectivity index (χ0n) is 12.5. The summed E-state index contributed by atoms with van der Waals surface area (Å²) in [5.41, 5.74) is 3.66. The van der Waals surface area contributed by atoms with E-state index >= 15 is 0 Å². The van der Waals surface area contributed by atoms with Crippen LogP contribution in [0.3, 0.4) is 0 Å². The van der Waals surface area contributed by atoms with Crippen molar-refractivity contribution in [3.63, 3.8) is 0 Å². The lowest BCUT2D eigenvalue weighted by molar-refractivity contribution is 0.306. The standard InChI is InChI=1S/C20H15NO2/c1-3-7-15(8-4-1)14-22-17-11-12-18-19(13-17)23-20(21-18)16-9-5-2-6-10-16/h1-13H,14H2/i20+1. The maximum atomic E-state index is 5.86. The quantitative estimate of drug-likeness (QED) is 0.527. The largest absolute Gasteiger partial charge is 0.489 e. The summed E-state index contributed by atoms with van der Waals surface area (Å²) < 4.78 is 11.7. The zero-order chi connectivity index (χ0) is 15.5. The second-order valence-corrected chi connectivity index (χ2v) is 5.29. The fourth-order valence-corrected chi connectivity index (χ4v) is 2.44. The highest BCUT2D eigenvalue weighted by molar-refractivity contribution is 5.77. The van der Waals surface area contributed by atoms with Crippen LogP contribution in [0.1, 0.15) is 5.56 Å². The lowest BCUT2D eigenvalue weighted by Gasteiger charge is -2.05. The van der Waals surface area contributed by atoms with Crippen LogP contribution in [-0.4, -0.2) is 4.98 Å². The van der Waals surface area contributed by atoms with Gasteiger partial charge >= 0.3 is 0 Å². The third-order valence-electron chi connectivity index (χ3n) is 3.63. The Morgan fingerprint density at radius 3 is 2.35 bits per heavy atom. The molecule has 0 saturated carbocycles. The molecule has 0 saturated heterocycles. The molecule has 0 aliphatic carbocycles. The molecule has 0 aliphatic rings.